The monoisotopic (exact) mass is 398 g/mol. The Kier molecular flexibility index (Phi) is 4.79. The summed E-state index contributed by atoms with van der Waals surface area (Å²) in [7, 11) is 4.64. The number of esters is 1. The molecule has 1 aromatic heterocycles. The molecule has 28 heavy (non-hydrogen) atoms. The first-order valence-corrected chi connectivity index (χ1v) is 9.35. The third-order valence-corrected chi connectivity index (χ3v) is 5.19. The summed E-state index contributed by atoms with van der Waals surface area (Å²) in [5, 5.41) is 5.74. The number of anilines is 1. The fourth-order valence-electron chi connectivity index (χ4n) is 3.08. The van der Waals surface area contributed by atoms with Crippen molar-refractivity contribution in [1.82, 2.24) is 4.98 Å². The molecule has 144 valence electrons. The Morgan fingerprint density at radius 3 is 2.71 bits per heavy atom. The van der Waals surface area contributed by atoms with E-state index in [9.17, 15) is 4.79 Å². The van der Waals surface area contributed by atoms with Crippen molar-refractivity contribution in [2.45, 2.75) is 6.23 Å². The van der Waals surface area contributed by atoms with Crippen molar-refractivity contribution in [3.05, 3.63) is 52.9 Å². The van der Waals surface area contributed by atoms with Gasteiger partial charge in [-0.2, -0.15) is 0 Å². The number of rotatable bonds is 6. The van der Waals surface area contributed by atoms with Crippen molar-refractivity contribution < 1.29 is 23.7 Å². The number of nitrogens with one attached hydrogen (secondary N) is 1. The molecule has 8 heteroatoms. The summed E-state index contributed by atoms with van der Waals surface area (Å²) in [6, 6.07) is 11.2. The van der Waals surface area contributed by atoms with E-state index in [1.54, 1.807) is 19.2 Å². The molecule has 2 aromatic carbocycles. The second-order valence-electron chi connectivity index (χ2n) is 5.96. The van der Waals surface area contributed by atoms with Crippen LogP contribution in [0, 0.1) is 0 Å². The summed E-state index contributed by atoms with van der Waals surface area (Å²) >= 11 is 1.43. The van der Waals surface area contributed by atoms with Crippen molar-refractivity contribution in [3.63, 3.8) is 0 Å². The molecular weight excluding hydrogens is 380 g/mol. The van der Waals surface area contributed by atoms with Crippen LogP contribution in [-0.4, -0.2) is 32.3 Å². The number of methoxy groups -OCH3 is 3. The molecule has 1 N–H and O–H groups in total. The Balaban J connectivity index is 1.60. The van der Waals surface area contributed by atoms with Gasteiger partial charge in [-0.15, -0.1) is 11.3 Å². The van der Waals surface area contributed by atoms with E-state index in [0.717, 1.165) is 17.0 Å². The Bertz CT molecular complexity index is 1030. The van der Waals surface area contributed by atoms with Crippen LogP contribution in [0.15, 0.2) is 41.8 Å². The number of hydrogen-bond acceptors (Lipinski definition) is 8. The highest BCUT2D eigenvalue weighted by atomic mass is 32.1. The normalized spacial score (nSPS) is 15.0. The number of nitrogens with zero attached hydrogens (tertiary/aromatic N) is 1. The quantitative estimate of drug-likeness (QED) is 0.626. The highest BCUT2D eigenvalue weighted by molar-refractivity contribution is 7.14. The second-order valence-corrected chi connectivity index (χ2v) is 6.82. The molecule has 1 atom stereocenters. The summed E-state index contributed by atoms with van der Waals surface area (Å²) in [4.78, 5) is 17.0. The molecule has 0 saturated carbocycles. The third-order valence-electron chi connectivity index (χ3n) is 4.41. The maximum Gasteiger partial charge on any atom is 0.344 e. The molecule has 7 nitrogen and oxygen atoms in total. The van der Waals surface area contributed by atoms with Crippen molar-refractivity contribution in [3.8, 4) is 28.5 Å². The van der Waals surface area contributed by atoms with Crippen LogP contribution >= 0.6 is 11.3 Å². The first kappa shape index (κ1) is 18.1. The van der Waals surface area contributed by atoms with Gasteiger partial charge in [-0.05, 0) is 24.3 Å². The minimum atomic E-state index is -0.647. The van der Waals surface area contributed by atoms with Gasteiger partial charge in [0.25, 0.3) is 0 Å². The molecular formula is C20H18N2O5S. The molecule has 4 rings (SSSR count). The largest absolute Gasteiger partial charge is 0.497 e. The van der Waals surface area contributed by atoms with Gasteiger partial charge in [-0.1, -0.05) is 12.1 Å². The van der Waals surface area contributed by atoms with Gasteiger partial charge < -0.3 is 24.3 Å². The van der Waals surface area contributed by atoms with Crippen LogP contribution in [0.4, 0.5) is 5.13 Å². The zero-order valence-electron chi connectivity index (χ0n) is 15.5. The van der Waals surface area contributed by atoms with Crippen LogP contribution in [0.5, 0.6) is 17.2 Å². The zero-order chi connectivity index (χ0) is 19.7. The molecule has 0 aliphatic carbocycles. The summed E-state index contributed by atoms with van der Waals surface area (Å²) in [5.74, 6) is 1.14. The van der Waals surface area contributed by atoms with E-state index in [2.05, 4.69) is 10.3 Å². The van der Waals surface area contributed by atoms with Crippen LogP contribution in [0.3, 0.4) is 0 Å². The van der Waals surface area contributed by atoms with Crippen LogP contribution < -0.4 is 19.5 Å². The van der Waals surface area contributed by atoms with Gasteiger partial charge in [-0.3, -0.25) is 0 Å². The predicted molar refractivity (Wildman–Crippen MR) is 105 cm³/mol. The predicted octanol–water partition coefficient (Wildman–Crippen LogP) is 4.12. The lowest BCUT2D eigenvalue weighted by molar-refractivity contribution is 0.0435. The van der Waals surface area contributed by atoms with E-state index < -0.39 is 12.2 Å². The van der Waals surface area contributed by atoms with Crippen LogP contribution in [0.25, 0.3) is 11.3 Å². The molecule has 3 aromatic rings. The molecule has 0 spiro atoms. The Morgan fingerprint density at radius 1 is 1.11 bits per heavy atom. The van der Waals surface area contributed by atoms with Gasteiger partial charge in [0, 0.05) is 16.5 Å². The van der Waals surface area contributed by atoms with Crippen molar-refractivity contribution in [2.24, 2.45) is 0 Å². The number of fused-ring (bicyclic) bond motifs is 1. The second kappa shape index (κ2) is 7.40. The number of hydrogen-bond donors (Lipinski definition) is 1. The topological polar surface area (TPSA) is 78.9 Å². The summed E-state index contributed by atoms with van der Waals surface area (Å²) in [6.45, 7) is 0. The van der Waals surface area contributed by atoms with E-state index in [4.69, 9.17) is 18.9 Å². The minimum absolute atomic E-state index is 0.365. The number of aromatic nitrogens is 1. The molecule has 0 bridgehead atoms. The SMILES string of the molecule is COc1cccc(-c2csc(N[C@@H]3OC(=O)c4c3ccc(OC)c4OC)n2)c1. The number of ether oxygens (including phenoxy) is 4. The fraction of sp³-hybridized carbons (Fsp3) is 0.200. The number of cyclic esters (lactones) is 1. The smallest absolute Gasteiger partial charge is 0.344 e. The van der Waals surface area contributed by atoms with Crippen LogP contribution in [0.1, 0.15) is 22.1 Å². The zero-order valence-corrected chi connectivity index (χ0v) is 16.3. The molecule has 1 aliphatic rings. The van der Waals surface area contributed by atoms with Gasteiger partial charge in [0.05, 0.1) is 27.0 Å². The first-order valence-electron chi connectivity index (χ1n) is 8.47. The van der Waals surface area contributed by atoms with Crippen LogP contribution in [0.2, 0.25) is 0 Å². The fourth-order valence-corrected chi connectivity index (χ4v) is 3.81. The van der Waals surface area contributed by atoms with Crippen molar-refractivity contribution in [2.75, 3.05) is 26.6 Å². The van der Waals surface area contributed by atoms with Crippen molar-refractivity contribution >= 4 is 22.4 Å². The highest BCUT2D eigenvalue weighted by Gasteiger charge is 2.36. The summed E-state index contributed by atoms with van der Waals surface area (Å²) < 4.78 is 21.4. The first-order chi connectivity index (χ1) is 13.6. The van der Waals surface area contributed by atoms with E-state index in [1.165, 1.54) is 25.6 Å². The standard InChI is InChI=1S/C20H18N2O5S/c1-24-12-6-4-5-11(9-12)14-10-28-20(21-14)22-18-13-7-8-15(25-2)17(26-3)16(13)19(23)27-18/h4-10,18H,1-3H3,(H,21,22)/t18-/m1/s1. The lowest BCUT2D eigenvalue weighted by atomic mass is 10.1. The van der Waals surface area contributed by atoms with Crippen molar-refractivity contribution in [1.29, 1.82) is 0 Å². The average molecular weight is 398 g/mol. The Morgan fingerprint density at radius 2 is 1.96 bits per heavy atom. The molecule has 1 aliphatic heterocycles. The molecule has 0 unspecified atom stereocenters. The van der Waals surface area contributed by atoms with E-state index in [-0.39, 0.29) is 0 Å². The lowest BCUT2D eigenvalue weighted by Gasteiger charge is -2.13. The van der Waals surface area contributed by atoms with Gasteiger partial charge >= 0.3 is 5.97 Å². The number of thiazole rings is 1. The van der Waals surface area contributed by atoms with Gasteiger partial charge in [0.1, 0.15) is 11.3 Å². The summed E-state index contributed by atoms with van der Waals surface area (Å²) in [6.07, 6.45) is -0.647. The maximum atomic E-state index is 12.4. The van der Waals surface area contributed by atoms with Crippen LogP contribution in [-0.2, 0) is 4.74 Å². The van der Waals surface area contributed by atoms with Gasteiger partial charge in [-0.25, -0.2) is 9.78 Å². The Labute approximate surface area is 165 Å². The Hall–Kier alpha value is -3.26. The maximum absolute atomic E-state index is 12.4. The highest BCUT2D eigenvalue weighted by Crippen LogP contribution is 2.42. The molecule has 2 heterocycles. The van der Waals surface area contributed by atoms with Gasteiger partial charge in [0.15, 0.2) is 16.6 Å². The third kappa shape index (κ3) is 3.11. The van der Waals surface area contributed by atoms with E-state index >= 15 is 0 Å². The number of carbonyl (C=O) groups is 1. The summed E-state index contributed by atoms with van der Waals surface area (Å²) in [5.41, 5.74) is 2.80. The molecule has 0 saturated heterocycles. The number of carbonyl (C=O) groups excluding carboxylic acids is 1. The molecule has 0 radical (unpaired) electrons. The average Bonchev–Trinajstić information content (AvgIpc) is 3.32. The lowest BCUT2D eigenvalue weighted by Crippen LogP contribution is -2.10. The van der Waals surface area contributed by atoms with E-state index in [0.29, 0.717) is 27.8 Å². The molecule has 0 fully saturated rings. The van der Waals surface area contributed by atoms with E-state index in [1.807, 2.05) is 29.6 Å². The van der Waals surface area contributed by atoms with Gasteiger partial charge in [0.2, 0.25) is 6.23 Å². The minimum Gasteiger partial charge on any atom is -0.497 e. The molecule has 0 amide bonds. The number of benzene rings is 2.